The van der Waals surface area contributed by atoms with E-state index in [0.29, 0.717) is 16.6 Å². The van der Waals surface area contributed by atoms with Gasteiger partial charge in [-0.1, -0.05) is 72.4 Å². The highest BCUT2D eigenvalue weighted by Gasteiger charge is 2.34. The number of aryl methyl sites for hydroxylation is 1. The molecule has 0 atom stereocenters. The van der Waals surface area contributed by atoms with Crippen LogP contribution in [0.1, 0.15) is 43.6 Å². The number of aromatic nitrogens is 2. The zero-order chi connectivity index (χ0) is 20.3. The number of rotatable bonds is 6. The zero-order valence-electron chi connectivity index (χ0n) is 16.5. The minimum atomic E-state index is -3.67. The molecule has 0 amide bonds. The summed E-state index contributed by atoms with van der Waals surface area (Å²) in [6.07, 6.45) is 4.91. The summed E-state index contributed by atoms with van der Waals surface area (Å²) in [5, 5.41) is 4.04. The van der Waals surface area contributed by atoms with Crippen molar-refractivity contribution in [3.8, 4) is 11.4 Å². The summed E-state index contributed by atoms with van der Waals surface area (Å²) in [6.45, 7) is 2.03. The first kappa shape index (κ1) is 19.8. The van der Waals surface area contributed by atoms with Gasteiger partial charge in [-0.3, -0.25) is 0 Å². The second-order valence-corrected chi connectivity index (χ2v) is 9.42. The van der Waals surface area contributed by atoms with E-state index in [-0.39, 0.29) is 12.6 Å². The lowest BCUT2D eigenvalue weighted by Gasteiger charge is -2.32. The molecule has 0 bridgehead atoms. The first-order chi connectivity index (χ1) is 14.0. The lowest BCUT2D eigenvalue weighted by molar-refractivity contribution is 0.223. The highest BCUT2D eigenvalue weighted by molar-refractivity contribution is 7.89. The molecule has 29 heavy (non-hydrogen) atoms. The van der Waals surface area contributed by atoms with Crippen molar-refractivity contribution in [2.45, 2.75) is 56.5 Å². The zero-order valence-corrected chi connectivity index (χ0v) is 17.3. The molecule has 1 aliphatic carbocycles. The summed E-state index contributed by atoms with van der Waals surface area (Å²) in [6, 6.07) is 16.5. The molecule has 6 nitrogen and oxygen atoms in total. The van der Waals surface area contributed by atoms with Crippen molar-refractivity contribution < 1.29 is 12.9 Å². The Morgan fingerprint density at radius 3 is 2.38 bits per heavy atom. The molecule has 0 unspecified atom stereocenters. The van der Waals surface area contributed by atoms with Crippen LogP contribution in [0, 0.1) is 6.92 Å². The Morgan fingerprint density at radius 1 is 1.00 bits per heavy atom. The van der Waals surface area contributed by atoms with E-state index < -0.39 is 10.0 Å². The van der Waals surface area contributed by atoms with Gasteiger partial charge >= 0.3 is 0 Å². The fourth-order valence-corrected chi connectivity index (χ4v) is 5.42. The van der Waals surface area contributed by atoms with Crippen molar-refractivity contribution in [2.24, 2.45) is 0 Å². The third-order valence-electron chi connectivity index (χ3n) is 5.40. The van der Waals surface area contributed by atoms with E-state index in [4.69, 9.17) is 4.52 Å². The summed E-state index contributed by atoms with van der Waals surface area (Å²) in [5.41, 5.74) is 1.87. The van der Waals surface area contributed by atoms with Crippen LogP contribution in [0.3, 0.4) is 0 Å². The van der Waals surface area contributed by atoms with Crippen LogP contribution >= 0.6 is 0 Å². The van der Waals surface area contributed by atoms with Gasteiger partial charge in [-0.2, -0.15) is 9.29 Å². The fraction of sp³-hybridized carbons (Fsp3) is 0.364. The minimum absolute atomic E-state index is 0.0536. The van der Waals surface area contributed by atoms with Gasteiger partial charge in [0, 0.05) is 11.6 Å². The average Bonchev–Trinajstić information content (AvgIpc) is 3.22. The number of sulfonamides is 1. The number of benzene rings is 2. The maximum Gasteiger partial charge on any atom is 0.243 e. The van der Waals surface area contributed by atoms with Gasteiger partial charge in [0.1, 0.15) is 0 Å². The summed E-state index contributed by atoms with van der Waals surface area (Å²) in [5.74, 6) is 0.780. The van der Waals surface area contributed by atoms with Crippen molar-refractivity contribution in [1.82, 2.24) is 14.4 Å². The molecular formula is C22H25N3O3S. The Morgan fingerprint density at radius 2 is 1.69 bits per heavy atom. The quantitative estimate of drug-likeness (QED) is 0.594. The Labute approximate surface area is 171 Å². The third kappa shape index (κ3) is 4.41. The van der Waals surface area contributed by atoms with Gasteiger partial charge in [-0.05, 0) is 31.9 Å². The highest BCUT2D eigenvalue weighted by atomic mass is 32.2. The third-order valence-corrected chi connectivity index (χ3v) is 7.31. The van der Waals surface area contributed by atoms with E-state index in [9.17, 15) is 8.42 Å². The topological polar surface area (TPSA) is 76.3 Å². The Bertz CT molecular complexity index is 1040. The predicted octanol–water partition coefficient (Wildman–Crippen LogP) is 4.57. The fourth-order valence-electron chi connectivity index (χ4n) is 3.78. The number of hydrogen-bond acceptors (Lipinski definition) is 5. The molecule has 0 saturated heterocycles. The molecule has 1 fully saturated rings. The van der Waals surface area contributed by atoms with Crippen molar-refractivity contribution in [3.63, 3.8) is 0 Å². The predicted molar refractivity (Wildman–Crippen MR) is 111 cm³/mol. The first-order valence-corrected chi connectivity index (χ1v) is 11.4. The van der Waals surface area contributed by atoms with E-state index in [1.807, 2.05) is 49.4 Å². The van der Waals surface area contributed by atoms with Crippen LogP contribution in [-0.4, -0.2) is 28.9 Å². The van der Waals surface area contributed by atoms with Crippen LogP contribution < -0.4 is 0 Å². The maximum atomic E-state index is 13.5. The average molecular weight is 412 g/mol. The Balaban J connectivity index is 1.64. The Hall–Kier alpha value is -2.51. The van der Waals surface area contributed by atoms with Crippen molar-refractivity contribution in [3.05, 3.63) is 66.1 Å². The van der Waals surface area contributed by atoms with Crippen molar-refractivity contribution >= 4 is 10.0 Å². The molecule has 0 aliphatic heterocycles. The summed E-state index contributed by atoms with van der Waals surface area (Å²) < 4.78 is 33.9. The molecular weight excluding hydrogens is 386 g/mol. The van der Waals surface area contributed by atoms with Crippen LogP contribution in [0.25, 0.3) is 11.4 Å². The maximum absolute atomic E-state index is 13.5. The molecule has 3 aromatic rings. The normalized spacial score (nSPS) is 15.7. The molecule has 0 radical (unpaired) electrons. The van der Waals surface area contributed by atoms with Gasteiger partial charge in [0.05, 0.1) is 11.4 Å². The van der Waals surface area contributed by atoms with E-state index in [1.54, 1.807) is 16.4 Å². The van der Waals surface area contributed by atoms with Crippen LogP contribution in [0.4, 0.5) is 0 Å². The number of hydrogen-bond donors (Lipinski definition) is 0. The van der Waals surface area contributed by atoms with Crippen molar-refractivity contribution in [2.75, 3.05) is 0 Å². The summed E-state index contributed by atoms with van der Waals surface area (Å²) in [7, 11) is -3.67. The first-order valence-electron chi connectivity index (χ1n) is 10.0. The SMILES string of the molecule is Cc1ccc(S(=O)(=O)N(Cc2nc(-c3ccccc3)no2)C2CCCCC2)cc1. The smallest absolute Gasteiger partial charge is 0.243 e. The van der Waals surface area contributed by atoms with Crippen LogP contribution in [0.5, 0.6) is 0 Å². The molecule has 0 N–H and O–H groups in total. The molecule has 7 heteroatoms. The molecule has 4 rings (SSSR count). The molecule has 1 aromatic heterocycles. The van der Waals surface area contributed by atoms with Crippen LogP contribution in [-0.2, 0) is 16.6 Å². The van der Waals surface area contributed by atoms with E-state index in [1.165, 1.54) is 0 Å². The van der Waals surface area contributed by atoms with E-state index >= 15 is 0 Å². The molecule has 1 heterocycles. The monoisotopic (exact) mass is 411 g/mol. The van der Waals surface area contributed by atoms with E-state index in [2.05, 4.69) is 10.1 Å². The lowest BCUT2D eigenvalue weighted by atomic mass is 9.95. The van der Waals surface area contributed by atoms with Gasteiger partial charge in [-0.15, -0.1) is 0 Å². The molecule has 0 spiro atoms. The Kier molecular flexibility index (Phi) is 5.78. The largest absolute Gasteiger partial charge is 0.338 e. The van der Waals surface area contributed by atoms with Gasteiger partial charge in [0.25, 0.3) is 0 Å². The highest BCUT2D eigenvalue weighted by Crippen LogP contribution is 2.29. The molecule has 152 valence electrons. The molecule has 1 saturated carbocycles. The van der Waals surface area contributed by atoms with Gasteiger partial charge in [0.15, 0.2) is 0 Å². The van der Waals surface area contributed by atoms with Gasteiger partial charge in [0.2, 0.25) is 21.7 Å². The number of nitrogens with zero attached hydrogens (tertiary/aromatic N) is 3. The second-order valence-electron chi connectivity index (χ2n) is 7.53. The molecule has 2 aromatic carbocycles. The van der Waals surface area contributed by atoms with Gasteiger partial charge < -0.3 is 4.52 Å². The van der Waals surface area contributed by atoms with Crippen LogP contribution in [0.15, 0.2) is 64.0 Å². The lowest BCUT2D eigenvalue weighted by Crippen LogP contribution is -2.41. The summed E-state index contributed by atoms with van der Waals surface area (Å²) in [4.78, 5) is 4.75. The second kappa shape index (κ2) is 8.47. The summed E-state index contributed by atoms with van der Waals surface area (Å²) >= 11 is 0. The minimum Gasteiger partial charge on any atom is -0.338 e. The van der Waals surface area contributed by atoms with Gasteiger partial charge in [-0.25, -0.2) is 8.42 Å². The van der Waals surface area contributed by atoms with Crippen molar-refractivity contribution in [1.29, 1.82) is 0 Å². The molecule has 1 aliphatic rings. The standard InChI is InChI=1S/C22H25N3O3S/c1-17-12-14-20(15-13-17)29(26,27)25(19-10-6-3-7-11-19)16-21-23-22(24-28-21)18-8-4-2-5-9-18/h2,4-5,8-9,12-15,19H,3,6-7,10-11,16H2,1H3. The van der Waals surface area contributed by atoms with Crippen LogP contribution in [0.2, 0.25) is 0 Å². The van der Waals surface area contributed by atoms with E-state index in [0.717, 1.165) is 43.2 Å².